The number of ketones is 1. The SMILES string of the molecule is CCC(=O)Cc1ccc(CCN2C(=O)C(=Cc3cc4c5c(c3)CCCN5CCC4)OC2=Nc2ccccc2C(=O)OC2CC(C(C)C)CCC2C)cc1. The lowest BCUT2D eigenvalue weighted by Gasteiger charge is -2.37. The highest BCUT2D eigenvalue weighted by Gasteiger charge is 2.36. The molecule has 4 aliphatic rings. The van der Waals surface area contributed by atoms with E-state index in [1.165, 1.54) is 16.8 Å². The van der Waals surface area contributed by atoms with Crippen molar-refractivity contribution < 1.29 is 23.9 Å². The van der Waals surface area contributed by atoms with Gasteiger partial charge in [-0.15, -0.1) is 0 Å². The molecule has 3 unspecified atom stereocenters. The number of Topliss-reactive ketones (excluding diaryl/α,β-unsaturated/α-hetero) is 1. The van der Waals surface area contributed by atoms with Gasteiger partial charge in [0.25, 0.3) is 5.91 Å². The highest BCUT2D eigenvalue weighted by Crippen LogP contribution is 2.38. The van der Waals surface area contributed by atoms with Crippen molar-refractivity contribution in [3.8, 4) is 0 Å². The van der Waals surface area contributed by atoms with E-state index >= 15 is 0 Å². The average Bonchev–Trinajstić information content (AvgIpc) is 3.44. The van der Waals surface area contributed by atoms with Gasteiger partial charge in [-0.3, -0.25) is 14.5 Å². The first-order chi connectivity index (χ1) is 25.7. The summed E-state index contributed by atoms with van der Waals surface area (Å²) in [6.07, 6.45) is 10.5. The van der Waals surface area contributed by atoms with Crippen LogP contribution in [-0.4, -0.2) is 54.3 Å². The number of rotatable bonds is 11. The molecule has 2 fully saturated rings. The maximum Gasteiger partial charge on any atom is 0.340 e. The van der Waals surface area contributed by atoms with Crippen LogP contribution in [0.4, 0.5) is 11.4 Å². The fourth-order valence-corrected chi connectivity index (χ4v) is 8.40. The molecule has 53 heavy (non-hydrogen) atoms. The Kier molecular flexibility index (Phi) is 11.1. The second-order valence-corrected chi connectivity index (χ2v) is 15.7. The van der Waals surface area contributed by atoms with Crippen LogP contribution in [0.25, 0.3) is 6.08 Å². The van der Waals surface area contributed by atoms with Gasteiger partial charge in [0.15, 0.2) is 5.76 Å². The molecule has 7 rings (SSSR count). The van der Waals surface area contributed by atoms with Gasteiger partial charge in [-0.1, -0.05) is 64.1 Å². The van der Waals surface area contributed by atoms with Crippen molar-refractivity contribution in [3.63, 3.8) is 0 Å². The van der Waals surface area contributed by atoms with Gasteiger partial charge in [0.2, 0.25) is 0 Å². The number of hydrogen-bond donors (Lipinski definition) is 0. The molecule has 0 bridgehead atoms. The van der Waals surface area contributed by atoms with Crippen LogP contribution >= 0.6 is 0 Å². The first-order valence-electron chi connectivity index (χ1n) is 19.8. The van der Waals surface area contributed by atoms with Crippen molar-refractivity contribution in [2.75, 3.05) is 24.5 Å². The van der Waals surface area contributed by atoms with Crippen LogP contribution in [0.15, 0.2) is 71.4 Å². The maximum absolute atomic E-state index is 14.2. The third kappa shape index (κ3) is 8.27. The minimum absolute atomic E-state index is 0.142. The molecule has 0 N–H and O–H groups in total. The number of aliphatic imine (C=N–C) groups is 1. The number of nitrogens with zero attached hydrogens (tertiary/aromatic N) is 3. The van der Waals surface area contributed by atoms with E-state index in [-0.39, 0.29) is 35.5 Å². The summed E-state index contributed by atoms with van der Waals surface area (Å²) in [7, 11) is 0. The second kappa shape index (κ2) is 16.1. The van der Waals surface area contributed by atoms with E-state index in [1.54, 1.807) is 17.0 Å². The molecule has 0 radical (unpaired) electrons. The highest BCUT2D eigenvalue weighted by atomic mass is 16.5. The molecule has 0 aromatic heterocycles. The lowest BCUT2D eigenvalue weighted by molar-refractivity contribution is -0.123. The van der Waals surface area contributed by atoms with Crippen LogP contribution < -0.4 is 4.90 Å². The monoisotopic (exact) mass is 715 g/mol. The first kappa shape index (κ1) is 36.6. The Labute approximate surface area is 314 Å². The molecule has 8 nitrogen and oxygen atoms in total. The van der Waals surface area contributed by atoms with E-state index < -0.39 is 5.97 Å². The number of hydrogen-bond acceptors (Lipinski definition) is 7. The number of ether oxygens (including phenoxy) is 2. The number of anilines is 1. The third-order valence-corrected chi connectivity index (χ3v) is 11.7. The topological polar surface area (TPSA) is 88.5 Å². The summed E-state index contributed by atoms with van der Waals surface area (Å²) in [4.78, 5) is 48.9. The molecule has 1 amide bonds. The van der Waals surface area contributed by atoms with Gasteiger partial charge in [0.1, 0.15) is 11.9 Å². The molecule has 3 aromatic rings. The van der Waals surface area contributed by atoms with E-state index in [4.69, 9.17) is 14.5 Å². The van der Waals surface area contributed by atoms with E-state index in [0.717, 1.165) is 74.7 Å². The molecule has 8 heteroatoms. The summed E-state index contributed by atoms with van der Waals surface area (Å²) in [6.45, 7) is 11.0. The van der Waals surface area contributed by atoms with Gasteiger partial charge >= 0.3 is 12.0 Å². The lowest BCUT2D eigenvalue weighted by atomic mass is 9.76. The Morgan fingerprint density at radius 3 is 2.38 bits per heavy atom. The van der Waals surface area contributed by atoms with Gasteiger partial charge in [0.05, 0.1) is 11.3 Å². The zero-order chi connectivity index (χ0) is 37.1. The number of aryl methyl sites for hydroxylation is 2. The van der Waals surface area contributed by atoms with Crippen molar-refractivity contribution in [1.29, 1.82) is 0 Å². The quantitative estimate of drug-likeness (QED) is 0.146. The maximum atomic E-state index is 14.2. The van der Waals surface area contributed by atoms with E-state index in [2.05, 4.69) is 37.8 Å². The average molecular weight is 716 g/mol. The van der Waals surface area contributed by atoms with E-state index in [9.17, 15) is 14.4 Å². The second-order valence-electron chi connectivity index (χ2n) is 15.7. The standard InChI is InChI=1S/C45H53N3O5/c1-5-37(49)26-32-17-15-31(16-18-32)20-23-48-43(50)41(27-33-24-35-10-8-21-47-22-9-11-36(25-33)42(35)47)53-45(48)46-39-13-7-6-12-38(39)44(51)52-40-28-34(29(2)3)19-14-30(40)4/h6-7,12-13,15-18,24-25,27,29-30,34,40H,5,8-11,14,19-23,26,28H2,1-4H3. The fourth-order valence-electron chi connectivity index (χ4n) is 8.40. The van der Waals surface area contributed by atoms with Crippen molar-refractivity contribution in [3.05, 3.63) is 99.8 Å². The molecular weight excluding hydrogens is 663 g/mol. The minimum Gasteiger partial charge on any atom is -0.458 e. The Balaban J connectivity index is 1.17. The predicted molar refractivity (Wildman–Crippen MR) is 209 cm³/mol. The van der Waals surface area contributed by atoms with Crippen LogP contribution in [0.5, 0.6) is 0 Å². The van der Waals surface area contributed by atoms with Crippen molar-refractivity contribution >= 4 is 41.1 Å². The Morgan fingerprint density at radius 1 is 0.981 bits per heavy atom. The summed E-state index contributed by atoms with van der Waals surface area (Å²) < 4.78 is 12.5. The molecular formula is C45H53N3O5. The van der Waals surface area contributed by atoms with Crippen LogP contribution in [0.2, 0.25) is 0 Å². The smallest absolute Gasteiger partial charge is 0.340 e. The first-order valence-corrected chi connectivity index (χ1v) is 19.8. The molecule has 3 aliphatic heterocycles. The molecule has 3 aromatic carbocycles. The summed E-state index contributed by atoms with van der Waals surface area (Å²) in [6, 6.07) is 19.7. The molecule has 278 valence electrons. The summed E-state index contributed by atoms with van der Waals surface area (Å²) in [5.74, 6) is 1.09. The van der Waals surface area contributed by atoms with Gasteiger partial charge < -0.3 is 14.4 Å². The number of amidine groups is 1. The van der Waals surface area contributed by atoms with E-state index in [0.29, 0.717) is 48.9 Å². The van der Waals surface area contributed by atoms with Crippen LogP contribution in [0.1, 0.15) is 104 Å². The summed E-state index contributed by atoms with van der Waals surface area (Å²) in [5, 5.41) is 0. The van der Waals surface area contributed by atoms with E-state index in [1.807, 2.05) is 49.4 Å². The van der Waals surface area contributed by atoms with Gasteiger partial charge in [0, 0.05) is 38.2 Å². The molecule has 0 spiro atoms. The number of para-hydroxylation sites is 1. The minimum atomic E-state index is -0.406. The molecule has 1 aliphatic carbocycles. The number of amides is 1. The van der Waals surface area contributed by atoms with Gasteiger partial charge in [-0.05, 0) is 127 Å². The molecule has 1 saturated heterocycles. The van der Waals surface area contributed by atoms with Crippen LogP contribution in [-0.2, 0) is 44.7 Å². The molecule has 3 heterocycles. The number of carbonyl (C=O) groups is 3. The molecule has 3 atom stereocenters. The van der Waals surface area contributed by atoms with Crippen molar-refractivity contribution in [2.45, 2.75) is 98.0 Å². The predicted octanol–water partition coefficient (Wildman–Crippen LogP) is 8.65. The summed E-state index contributed by atoms with van der Waals surface area (Å²) in [5.41, 5.74) is 7.76. The zero-order valence-electron chi connectivity index (χ0n) is 31.7. The Morgan fingerprint density at radius 2 is 1.68 bits per heavy atom. The van der Waals surface area contributed by atoms with Crippen molar-refractivity contribution in [2.24, 2.45) is 22.7 Å². The summed E-state index contributed by atoms with van der Waals surface area (Å²) >= 11 is 0. The van der Waals surface area contributed by atoms with Crippen molar-refractivity contribution in [1.82, 2.24) is 4.90 Å². The zero-order valence-corrected chi connectivity index (χ0v) is 31.7. The highest BCUT2D eigenvalue weighted by molar-refractivity contribution is 6.12. The number of esters is 1. The Bertz CT molecular complexity index is 1880. The Hall–Kier alpha value is -4.72. The molecule has 1 saturated carbocycles. The number of benzene rings is 3. The van der Waals surface area contributed by atoms with Crippen LogP contribution in [0.3, 0.4) is 0 Å². The largest absolute Gasteiger partial charge is 0.458 e. The fraction of sp³-hybridized carbons (Fsp3) is 0.467. The van der Waals surface area contributed by atoms with Gasteiger partial charge in [-0.2, -0.15) is 4.99 Å². The van der Waals surface area contributed by atoms with Gasteiger partial charge in [-0.25, -0.2) is 4.79 Å². The lowest BCUT2D eigenvalue weighted by Crippen LogP contribution is -2.34. The third-order valence-electron chi connectivity index (χ3n) is 11.7. The number of carbonyl (C=O) groups excluding carboxylic acids is 3. The normalized spacial score (nSPS) is 22.7. The van der Waals surface area contributed by atoms with Crippen LogP contribution in [0, 0.1) is 17.8 Å².